The van der Waals surface area contributed by atoms with E-state index < -0.39 is 0 Å². The Morgan fingerprint density at radius 2 is 1.94 bits per heavy atom. The van der Waals surface area contributed by atoms with Crippen molar-refractivity contribution in [2.45, 2.75) is 45.2 Å². The molecule has 0 amide bonds. The maximum absolute atomic E-state index is 5.91. The van der Waals surface area contributed by atoms with Gasteiger partial charge in [-0.2, -0.15) is 0 Å². The van der Waals surface area contributed by atoms with Crippen molar-refractivity contribution in [1.29, 1.82) is 0 Å². The van der Waals surface area contributed by atoms with E-state index in [1.807, 2.05) is 14.0 Å². The Bertz CT molecular complexity index is 375. The Kier molecular flexibility index (Phi) is 5.63. The highest BCUT2D eigenvalue weighted by molar-refractivity contribution is 5.40. The molecule has 3 nitrogen and oxygen atoms in total. The van der Waals surface area contributed by atoms with Gasteiger partial charge in [-0.05, 0) is 37.9 Å². The summed E-state index contributed by atoms with van der Waals surface area (Å²) in [5.74, 6) is 1.45. The van der Waals surface area contributed by atoms with Gasteiger partial charge in [0.2, 0.25) is 0 Å². The Morgan fingerprint density at radius 1 is 1.28 bits per heavy atom. The second-order valence-electron chi connectivity index (χ2n) is 5.21. The highest BCUT2D eigenvalue weighted by Crippen LogP contribution is 2.30. The van der Waals surface area contributed by atoms with E-state index in [4.69, 9.17) is 10.5 Å². The van der Waals surface area contributed by atoms with Crippen molar-refractivity contribution in [2.75, 3.05) is 14.2 Å². The van der Waals surface area contributed by atoms with Crippen LogP contribution in [0.3, 0.4) is 0 Å². The van der Waals surface area contributed by atoms with Gasteiger partial charge in [0, 0.05) is 17.6 Å². The molecule has 2 unspecified atom stereocenters. The minimum absolute atomic E-state index is 0.162. The van der Waals surface area contributed by atoms with E-state index in [9.17, 15) is 0 Å². The van der Waals surface area contributed by atoms with Gasteiger partial charge in [0.1, 0.15) is 5.75 Å². The van der Waals surface area contributed by atoms with E-state index in [2.05, 4.69) is 37.4 Å². The second-order valence-corrected chi connectivity index (χ2v) is 5.21. The molecule has 0 heterocycles. The fourth-order valence-corrected chi connectivity index (χ4v) is 2.16. The SMILES string of the molecule is CNC(CC(C)N)c1cc(C(C)C)ccc1OC. The monoisotopic (exact) mass is 250 g/mol. The first-order valence-electron chi connectivity index (χ1n) is 6.60. The van der Waals surface area contributed by atoms with Crippen LogP contribution in [0.5, 0.6) is 5.75 Å². The van der Waals surface area contributed by atoms with Crippen LogP contribution in [0.1, 0.15) is 50.3 Å². The second kappa shape index (κ2) is 6.76. The minimum atomic E-state index is 0.162. The molecule has 0 radical (unpaired) electrons. The molecule has 1 aromatic carbocycles. The number of methoxy groups -OCH3 is 1. The van der Waals surface area contributed by atoms with E-state index >= 15 is 0 Å². The van der Waals surface area contributed by atoms with Gasteiger partial charge >= 0.3 is 0 Å². The molecule has 0 aromatic heterocycles. The fourth-order valence-electron chi connectivity index (χ4n) is 2.16. The van der Waals surface area contributed by atoms with Crippen LogP contribution in [0.4, 0.5) is 0 Å². The first-order valence-corrected chi connectivity index (χ1v) is 6.60. The van der Waals surface area contributed by atoms with Gasteiger partial charge in [0.15, 0.2) is 0 Å². The number of rotatable bonds is 6. The molecule has 1 rings (SSSR count). The summed E-state index contributed by atoms with van der Waals surface area (Å²) in [4.78, 5) is 0. The van der Waals surface area contributed by atoms with Gasteiger partial charge < -0.3 is 15.8 Å². The van der Waals surface area contributed by atoms with E-state index in [0.29, 0.717) is 5.92 Å². The smallest absolute Gasteiger partial charge is 0.123 e. The molecule has 0 aliphatic carbocycles. The highest BCUT2D eigenvalue weighted by Gasteiger charge is 2.17. The Hall–Kier alpha value is -1.06. The molecule has 18 heavy (non-hydrogen) atoms. The lowest BCUT2D eigenvalue weighted by molar-refractivity contribution is 0.395. The maximum Gasteiger partial charge on any atom is 0.123 e. The van der Waals surface area contributed by atoms with E-state index in [-0.39, 0.29) is 12.1 Å². The highest BCUT2D eigenvalue weighted by atomic mass is 16.5. The molecule has 0 spiro atoms. The number of nitrogens with two attached hydrogens (primary N) is 1. The van der Waals surface area contributed by atoms with Crippen LogP contribution in [-0.2, 0) is 0 Å². The number of benzene rings is 1. The van der Waals surface area contributed by atoms with Gasteiger partial charge in [-0.1, -0.05) is 26.0 Å². The zero-order valence-corrected chi connectivity index (χ0v) is 12.2. The van der Waals surface area contributed by atoms with Crippen LogP contribution in [0, 0.1) is 0 Å². The molecule has 0 bridgehead atoms. The standard InChI is InChI=1S/C15H26N2O/c1-10(2)12-6-7-15(18-5)13(9-12)14(17-4)8-11(3)16/h6-7,9-11,14,17H,8,16H2,1-5H3. The summed E-state index contributed by atoms with van der Waals surface area (Å²) < 4.78 is 5.46. The lowest BCUT2D eigenvalue weighted by Crippen LogP contribution is -2.26. The third-order valence-corrected chi connectivity index (χ3v) is 3.25. The summed E-state index contributed by atoms with van der Waals surface area (Å²) >= 11 is 0. The molecule has 0 aliphatic heterocycles. The number of nitrogens with one attached hydrogen (secondary N) is 1. The van der Waals surface area contributed by atoms with Gasteiger partial charge in [-0.15, -0.1) is 0 Å². The topological polar surface area (TPSA) is 47.3 Å². The van der Waals surface area contributed by atoms with Crippen LogP contribution in [0.15, 0.2) is 18.2 Å². The van der Waals surface area contributed by atoms with Crippen LogP contribution < -0.4 is 15.8 Å². The van der Waals surface area contributed by atoms with Gasteiger partial charge in [0.25, 0.3) is 0 Å². The van der Waals surface area contributed by atoms with E-state index in [0.717, 1.165) is 12.2 Å². The zero-order valence-electron chi connectivity index (χ0n) is 12.2. The number of hydrogen-bond acceptors (Lipinski definition) is 3. The number of hydrogen-bond donors (Lipinski definition) is 2. The predicted octanol–water partition coefficient (Wildman–Crippen LogP) is 2.82. The minimum Gasteiger partial charge on any atom is -0.496 e. The summed E-state index contributed by atoms with van der Waals surface area (Å²) in [6.07, 6.45) is 0.897. The summed E-state index contributed by atoms with van der Waals surface area (Å²) in [6, 6.07) is 6.81. The summed E-state index contributed by atoms with van der Waals surface area (Å²) in [5.41, 5.74) is 8.44. The molecule has 0 saturated carbocycles. The zero-order chi connectivity index (χ0) is 13.7. The molecule has 2 atom stereocenters. The van der Waals surface area contributed by atoms with Crippen molar-refractivity contribution in [3.8, 4) is 5.75 Å². The van der Waals surface area contributed by atoms with Crippen LogP contribution in [0.2, 0.25) is 0 Å². The number of ether oxygens (including phenoxy) is 1. The van der Waals surface area contributed by atoms with Crippen molar-refractivity contribution in [1.82, 2.24) is 5.32 Å². The third kappa shape index (κ3) is 3.72. The average molecular weight is 250 g/mol. The van der Waals surface area contributed by atoms with Crippen molar-refractivity contribution < 1.29 is 4.74 Å². The normalized spacial score (nSPS) is 14.6. The van der Waals surface area contributed by atoms with Crippen LogP contribution >= 0.6 is 0 Å². The molecular weight excluding hydrogens is 224 g/mol. The average Bonchev–Trinajstić information content (AvgIpc) is 2.34. The Balaban J connectivity index is 3.12. The molecule has 1 aromatic rings. The van der Waals surface area contributed by atoms with Crippen LogP contribution in [-0.4, -0.2) is 20.2 Å². The fraction of sp³-hybridized carbons (Fsp3) is 0.600. The lowest BCUT2D eigenvalue weighted by Gasteiger charge is -2.22. The summed E-state index contributed by atoms with van der Waals surface area (Å²) in [7, 11) is 3.68. The van der Waals surface area contributed by atoms with Gasteiger partial charge in [-0.25, -0.2) is 0 Å². The third-order valence-electron chi connectivity index (χ3n) is 3.25. The largest absolute Gasteiger partial charge is 0.496 e. The van der Waals surface area contributed by atoms with E-state index in [1.165, 1.54) is 11.1 Å². The van der Waals surface area contributed by atoms with Gasteiger partial charge in [-0.3, -0.25) is 0 Å². The Labute approximate surface area is 111 Å². The maximum atomic E-state index is 5.91. The summed E-state index contributed by atoms with van der Waals surface area (Å²) in [6.45, 7) is 6.43. The molecule has 102 valence electrons. The van der Waals surface area contributed by atoms with Crippen molar-refractivity contribution in [3.63, 3.8) is 0 Å². The van der Waals surface area contributed by atoms with Gasteiger partial charge in [0.05, 0.1) is 7.11 Å². The molecule has 3 heteroatoms. The molecule has 0 saturated heterocycles. The quantitative estimate of drug-likeness (QED) is 0.816. The predicted molar refractivity (Wildman–Crippen MR) is 77.2 cm³/mol. The van der Waals surface area contributed by atoms with Crippen molar-refractivity contribution in [2.24, 2.45) is 5.73 Å². The first kappa shape index (κ1) is 15.0. The Morgan fingerprint density at radius 3 is 2.39 bits per heavy atom. The molecule has 3 N–H and O–H groups in total. The molecular formula is C15H26N2O. The first-order chi connectivity index (χ1) is 8.49. The molecule has 0 aliphatic rings. The summed E-state index contributed by atoms with van der Waals surface area (Å²) in [5, 5.41) is 3.33. The van der Waals surface area contributed by atoms with Crippen LogP contribution in [0.25, 0.3) is 0 Å². The lowest BCUT2D eigenvalue weighted by atomic mass is 9.94. The van der Waals surface area contributed by atoms with Crippen molar-refractivity contribution in [3.05, 3.63) is 29.3 Å². The van der Waals surface area contributed by atoms with E-state index in [1.54, 1.807) is 7.11 Å². The van der Waals surface area contributed by atoms with Crippen molar-refractivity contribution >= 4 is 0 Å². The molecule has 0 fully saturated rings.